The van der Waals surface area contributed by atoms with Crippen LogP contribution < -0.4 is 15.7 Å². The second kappa shape index (κ2) is 7.13. The molecule has 0 spiro atoms. The van der Waals surface area contributed by atoms with Crippen molar-refractivity contribution < 1.29 is 14.3 Å². The van der Waals surface area contributed by atoms with Gasteiger partial charge in [-0.2, -0.15) is 5.53 Å². The van der Waals surface area contributed by atoms with Crippen molar-refractivity contribution in [3.05, 3.63) is 40.9 Å². The maximum absolute atomic E-state index is 12.0. The number of cyclic esters (lactones) is 1. The van der Waals surface area contributed by atoms with Gasteiger partial charge in [-0.3, -0.25) is 0 Å². The highest BCUT2D eigenvalue weighted by molar-refractivity contribution is 9.10. The van der Waals surface area contributed by atoms with Gasteiger partial charge in [-0.05, 0) is 24.1 Å². The Hall–Kier alpha value is -1.57. The molecule has 0 aromatic heterocycles. The van der Waals surface area contributed by atoms with E-state index in [1.54, 1.807) is 0 Å². The Kier molecular flexibility index (Phi) is 5.12. The molecule has 1 aromatic rings. The third-order valence-electron chi connectivity index (χ3n) is 4.49. The lowest BCUT2D eigenvalue weighted by Gasteiger charge is -2.35. The molecule has 0 bridgehead atoms. The van der Waals surface area contributed by atoms with Gasteiger partial charge in [0.1, 0.15) is 12.4 Å². The number of nitrogens with one attached hydrogen (secondary N) is 2. The Morgan fingerprint density at radius 3 is 2.88 bits per heavy atom. The minimum absolute atomic E-state index is 0.00555. The number of hydrazine groups is 2. The van der Waals surface area contributed by atoms with Gasteiger partial charge in [-0.15, -0.1) is 6.58 Å². The molecule has 7 heteroatoms. The van der Waals surface area contributed by atoms with E-state index < -0.39 is 0 Å². The highest BCUT2D eigenvalue weighted by atomic mass is 79.9. The van der Waals surface area contributed by atoms with Crippen LogP contribution in [0.25, 0.3) is 0 Å². The predicted molar refractivity (Wildman–Crippen MR) is 94.1 cm³/mol. The third kappa shape index (κ3) is 3.29. The van der Waals surface area contributed by atoms with Crippen LogP contribution in [0.5, 0.6) is 5.75 Å². The Morgan fingerprint density at radius 2 is 2.17 bits per heavy atom. The number of nitrogens with zero attached hydrogens (tertiary/aromatic N) is 1. The molecule has 2 heterocycles. The molecule has 1 aromatic carbocycles. The van der Waals surface area contributed by atoms with Gasteiger partial charge in [0, 0.05) is 16.0 Å². The molecule has 0 unspecified atom stereocenters. The first-order chi connectivity index (χ1) is 11.5. The molecule has 6 nitrogen and oxygen atoms in total. The van der Waals surface area contributed by atoms with Gasteiger partial charge in [-0.1, -0.05) is 35.9 Å². The minimum Gasteiger partial charge on any atom is -0.493 e. The fraction of sp³-hybridized carbons (Fsp3) is 0.471. The van der Waals surface area contributed by atoms with E-state index >= 15 is 0 Å². The predicted octanol–water partition coefficient (Wildman–Crippen LogP) is 3.17. The first kappa shape index (κ1) is 17.3. The molecule has 1 fully saturated rings. The zero-order chi connectivity index (χ0) is 17.3. The van der Waals surface area contributed by atoms with Crippen LogP contribution in [0.3, 0.4) is 0 Å². The van der Waals surface area contributed by atoms with Crippen LogP contribution >= 0.6 is 15.9 Å². The summed E-state index contributed by atoms with van der Waals surface area (Å²) in [6.45, 7) is 8.96. The topological polar surface area (TPSA) is 62.8 Å². The van der Waals surface area contributed by atoms with Crippen LogP contribution in [-0.4, -0.2) is 30.4 Å². The molecule has 1 amide bonds. The van der Waals surface area contributed by atoms with Crippen molar-refractivity contribution in [1.29, 1.82) is 0 Å². The Balaban J connectivity index is 1.79. The quantitative estimate of drug-likeness (QED) is 0.592. The largest absolute Gasteiger partial charge is 0.493 e. The van der Waals surface area contributed by atoms with E-state index in [2.05, 4.69) is 47.3 Å². The van der Waals surface area contributed by atoms with Gasteiger partial charge in [0.05, 0.1) is 18.7 Å². The van der Waals surface area contributed by atoms with Crippen LogP contribution in [-0.2, 0) is 4.74 Å². The molecule has 2 N–H and O–H groups in total. The summed E-state index contributed by atoms with van der Waals surface area (Å²) in [6, 6.07) is 5.84. The monoisotopic (exact) mass is 395 g/mol. The number of benzene rings is 1. The third-order valence-corrected chi connectivity index (χ3v) is 4.98. The average Bonchev–Trinajstić information content (AvgIpc) is 2.93. The molecule has 130 valence electrons. The first-order valence-electron chi connectivity index (χ1n) is 8.03. The average molecular weight is 396 g/mol. The number of carbonyl (C=O) groups excluding carboxylic acids is 1. The van der Waals surface area contributed by atoms with Crippen molar-refractivity contribution in [3.8, 4) is 5.75 Å². The van der Waals surface area contributed by atoms with E-state index in [4.69, 9.17) is 9.47 Å². The van der Waals surface area contributed by atoms with Crippen molar-refractivity contribution in [2.45, 2.75) is 25.9 Å². The number of hydrogen-bond donors (Lipinski definition) is 2. The number of hydrogen-bond acceptors (Lipinski definition) is 5. The van der Waals surface area contributed by atoms with Crippen molar-refractivity contribution >= 4 is 22.0 Å². The van der Waals surface area contributed by atoms with Crippen molar-refractivity contribution in [2.24, 2.45) is 11.8 Å². The van der Waals surface area contributed by atoms with Crippen LogP contribution in [0.1, 0.15) is 25.5 Å². The van der Waals surface area contributed by atoms with E-state index in [1.807, 2.05) is 24.3 Å². The van der Waals surface area contributed by atoms with E-state index in [0.717, 1.165) is 15.8 Å². The normalized spacial score (nSPS) is 26.1. The lowest BCUT2D eigenvalue weighted by atomic mass is 9.91. The number of halogens is 1. The molecule has 0 radical (unpaired) electrons. The first-order valence-corrected chi connectivity index (χ1v) is 8.82. The second-order valence-corrected chi connectivity index (χ2v) is 7.30. The number of carbonyl (C=O) groups is 1. The van der Waals surface area contributed by atoms with Crippen LogP contribution in [0.2, 0.25) is 0 Å². The van der Waals surface area contributed by atoms with E-state index in [-0.39, 0.29) is 30.0 Å². The molecule has 24 heavy (non-hydrogen) atoms. The fourth-order valence-corrected chi connectivity index (χ4v) is 3.37. The van der Waals surface area contributed by atoms with Crippen LogP contribution in [0.4, 0.5) is 4.79 Å². The lowest BCUT2D eigenvalue weighted by molar-refractivity contribution is 0.0986. The summed E-state index contributed by atoms with van der Waals surface area (Å²) in [4.78, 5) is 12.0. The van der Waals surface area contributed by atoms with Crippen molar-refractivity contribution in [2.75, 3.05) is 13.2 Å². The van der Waals surface area contributed by atoms with Crippen LogP contribution in [0, 0.1) is 11.8 Å². The molecule has 2 aliphatic rings. The van der Waals surface area contributed by atoms with E-state index in [9.17, 15) is 4.79 Å². The lowest BCUT2D eigenvalue weighted by Crippen LogP contribution is -2.55. The van der Waals surface area contributed by atoms with Gasteiger partial charge < -0.3 is 9.47 Å². The summed E-state index contributed by atoms with van der Waals surface area (Å²) in [5.41, 5.74) is 7.33. The summed E-state index contributed by atoms with van der Waals surface area (Å²) in [5.74, 6) is 1.20. The van der Waals surface area contributed by atoms with Gasteiger partial charge in [0.15, 0.2) is 0 Å². The summed E-state index contributed by atoms with van der Waals surface area (Å²) in [7, 11) is 0. The summed E-state index contributed by atoms with van der Waals surface area (Å²) < 4.78 is 11.9. The highest BCUT2D eigenvalue weighted by Gasteiger charge is 2.37. The van der Waals surface area contributed by atoms with Gasteiger partial charge >= 0.3 is 6.09 Å². The van der Waals surface area contributed by atoms with Crippen LogP contribution in [0.15, 0.2) is 35.3 Å². The number of amides is 1. The molecule has 1 saturated heterocycles. The molecule has 3 rings (SSSR count). The Labute approximate surface area is 150 Å². The standard InChI is InChI=1S/C17H22BrN3O3/c1-4-11-8-23-15-6-5-12(18)7-13(15)16(11)19-20-21-14(10(2)3)9-24-17(21)22/h4-7,10-11,14,16,19-20H,1,8-9H2,2-3H3/t11-,14+,16-/m0/s1. The Bertz CT molecular complexity index is 638. The molecule has 0 aliphatic carbocycles. The van der Waals surface area contributed by atoms with E-state index in [1.165, 1.54) is 5.01 Å². The van der Waals surface area contributed by atoms with Gasteiger partial charge in [-0.25, -0.2) is 15.2 Å². The highest BCUT2D eigenvalue weighted by Crippen LogP contribution is 2.37. The SMILES string of the molecule is C=C[C@H]1COc2ccc(Br)cc2[C@H]1NNN1C(=O)OC[C@@H]1C(C)C. The molecular weight excluding hydrogens is 374 g/mol. The maximum atomic E-state index is 12.0. The van der Waals surface area contributed by atoms with Crippen molar-refractivity contribution in [1.82, 2.24) is 16.0 Å². The van der Waals surface area contributed by atoms with Gasteiger partial charge in [0.2, 0.25) is 0 Å². The maximum Gasteiger partial charge on any atom is 0.425 e. The number of fused-ring (bicyclic) bond motifs is 1. The zero-order valence-corrected chi connectivity index (χ0v) is 15.4. The van der Waals surface area contributed by atoms with Crippen molar-refractivity contribution in [3.63, 3.8) is 0 Å². The zero-order valence-electron chi connectivity index (χ0n) is 13.8. The second-order valence-electron chi connectivity index (χ2n) is 6.38. The van der Waals surface area contributed by atoms with Gasteiger partial charge in [0.25, 0.3) is 0 Å². The molecule has 3 atom stereocenters. The number of ether oxygens (including phenoxy) is 2. The smallest absolute Gasteiger partial charge is 0.425 e. The summed E-state index contributed by atoms with van der Waals surface area (Å²) >= 11 is 3.50. The summed E-state index contributed by atoms with van der Waals surface area (Å²) in [5, 5.41) is 1.53. The Morgan fingerprint density at radius 1 is 1.38 bits per heavy atom. The minimum atomic E-state index is -0.363. The fourth-order valence-electron chi connectivity index (χ4n) is 2.99. The molecular formula is C17H22BrN3O3. The molecule has 0 saturated carbocycles. The molecule has 2 aliphatic heterocycles. The number of rotatable bonds is 5. The van der Waals surface area contributed by atoms with E-state index in [0.29, 0.717) is 13.2 Å². The summed E-state index contributed by atoms with van der Waals surface area (Å²) in [6.07, 6.45) is 1.50.